The van der Waals surface area contributed by atoms with Crippen LogP contribution in [0.4, 0.5) is 0 Å². The number of aromatic nitrogens is 3. The van der Waals surface area contributed by atoms with Crippen LogP contribution in [0.3, 0.4) is 0 Å². The summed E-state index contributed by atoms with van der Waals surface area (Å²) in [5.41, 5.74) is 2.36. The number of nitrogens with zero attached hydrogens (tertiary/aromatic N) is 6. The summed E-state index contributed by atoms with van der Waals surface area (Å²) in [7, 11) is 0. The fourth-order valence-electron chi connectivity index (χ4n) is 4.07. The first kappa shape index (κ1) is 23.8. The number of ether oxygens (including phenoxy) is 1. The van der Waals surface area contributed by atoms with Crippen molar-refractivity contribution in [3.05, 3.63) is 64.5 Å². The monoisotopic (exact) mass is 440 g/mol. The van der Waals surface area contributed by atoms with Crippen molar-refractivity contribution < 1.29 is 4.74 Å². The second-order valence-electron chi connectivity index (χ2n) is 8.59. The number of hydrogen-bond donors (Lipinski definition) is 0. The van der Waals surface area contributed by atoms with Gasteiger partial charge in [-0.25, -0.2) is 10.1 Å². The molecular weight excluding hydrogens is 412 g/mol. The zero-order valence-electron chi connectivity index (χ0n) is 19.4. The summed E-state index contributed by atoms with van der Waals surface area (Å²) in [6.45, 7) is 13.9. The maximum atomic E-state index is 9.75. The van der Waals surface area contributed by atoms with Gasteiger partial charge in [0.1, 0.15) is 17.4 Å². The van der Waals surface area contributed by atoms with E-state index in [0.717, 1.165) is 29.8 Å². The summed E-state index contributed by atoms with van der Waals surface area (Å²) in [4.78, 5) is 3.22. The molecule has 7 nitrogen and oxygen atoms in total. The Hall–Kier alpha value is -3.89. The average molecular weight is 441 g/mol. The van der Waals surface area contributed by atoms with Gasteiger partial charge in [0.2, 0.25) is 0 Å². The van der Waals surface area contributed by atoms with E-state index < -0.39 is 5.60 Å². The summed E-state index contributed by atoms with van der Waals surface area (Å²) in [5.74, 6) is 0.0525. The highest BCUT2D eigenvalue weighted by Crippen LogP contribution is 2.45. The molecule has 1 aromatic heterocycles. The Morgan fingerprint density at radius 1 is 1.09 bits per heavy atom. The molecule has 1 aromatic carbocycles. The third kappa shape index (κ3) is 5.30. The minimum absolute atomic E-state index is 0.0525. The molecule has 0 bridgehead atoms. The lowest BCUT2D eigenvalue weighted by Crippen LogP contribution is -2.20. The fraction of sp³-hybridized carbons (Fsp3) is 0.423. The molecule has 0 N–H and O–H groups in total. The van der Waals surface area contributed by atoms with Crippen molar-refractivity contribution in [2.75, 3.05) is 0 Å². The maximum Gasteiger partial charge on any atom is 0.304 e. The second kappa shape index (κ2) is 10.6. The van der Waals surface area contributed by atoms with Gasteiger partial charge in [-0.2, -0.15) is 5.26 Å². The first-order chi connectivity index (χ1) is 15.9. The van der Waals surface area contributed by atoms with Crippen LogP contribution in [-0.4, -0.2) is 20.6 Å². The Bertz CT molecular complexity index is 1160. The second-order valence-corrected chi connectivity index (χ2v) is 8.59. The number of rotatable bonds is 9. The van der Waals surface area contributed by atoms with Crippen molar-refractivity contribution in [2.45, 2.75) is 71.4 Å². The summed E-state index contributed by atoms with van der Waals surface area (Å²) in [6, 6.07) is 11.7. The van der Waals surface area contributed by atoms with Gasteiger partial charge < -0.3 is 4.74 Å². The predicted molar refractivity (Wildman–Crippen MR) is 126 cm³/mol. The van der Waals surface area contributed by atoms with Gasteiger partial charge in [-0.1, -0.05) is 68.5 Å². The van der Waals surface area contributed by atoms with E-state index in [-0.39, 0.29) is 17.0 Å². The molecule has 0 saturated carbocycles. The van der Waals surface area contributed by atoms with Crippen LogP contribution < -0.4 is 0 Å². The van der Waals surface area contributed by atoms with Gasteiger partial charge in [-0.05, 0) is 25.8 Å². The lowest BCUT2D eigenvalue weighted by Gasteiger charge is -2.23. The number of benzene rings is 1. The standard InChI is InChI=1S/C26H28N6O/c1-5-6-7-8-9-10-15-32-18-23(30-31-32)19-11-13-20(14-12-19)24-21(16-27)25(22(17-28)29-4)33-26(24,2)3/h11-14,18H,5-10,15H2,1-3H3. The molecule has 1 aliphatic heterocycles. The Balaban J connectivity index is 1.78. The van der Waals surface area contributed by atoms with Crippen molar-refractivity contribution in [3.8, 4) is 23.4 Å². The first-order valence-electron chi connectivity index (χ1n) is 11.3. The lowest BCUT2D eigenvalue weighted by molar-refractivity contribution is 0.109. The van der Waals surface area contributed by atoms with E-state index in [4.69, 9.17) is 11.3 Å². The highest BCUT2D eigenvalue weighted by molar-refractivity contribution is 5.84. The third-order valence-corrected chi connectivity index (χ3v) is 5.73. The maximum absolute atomic E-state index is 9.75. The molecule has 3 rings (SSSR count). The summed E-state index contributed by atoms with van der Waals surface area (Å²) >= 11 is 0. The van der Waals surface area contributed by atoms with Gasteiger partial charge in [0, 0.05) is 17.7 Å². The highest BCUT2D eigenvalue weighted by atomic mass is 16.5. The van der Waals surface area contributed by atoms with Gasteiger partial charge in [0.15, 0.2) is 5.76 Å². The molecular formula is C26H28N6O. The number of allylic oxidation sites excluding steroid dienone is 2. The molecule has 0 radical (unpaired) electrons. The predicted octanol–water partition coefficient (Wildman–Crippen LogP) is 6.05. The molecule has 168 valence electrons. The van der Waals surface area contributed by atoms with E-state index >= 15 is 0 Å². The van der Waals surface area contributed by atoms with Crippen LogP contribution in [0.15, 0.2) is 47.5 Å². The zero-order valence-corrected chi connectivity index (χ0v) is 19.4. The number of nitriles is 2. The molecule has 0 amide bonds. The van der Waals surface area contributed by atoms with E-state index in [9.17, 15) is 10.5 Å². The Morgan fingerprint density at radius 2 is 1.76 bits per heavy atom. The van der Waals surface area contributed by atoms with Gasteiger partial charge >= 0.3 is 5.70 Å². The molecule has 0 aliphatic carbocycles. The number of hydrogen-bond acceptors (Lipinski definition) is 5. The van der Waals surface area contributed by atoms with Gasteiger partial charge in [0.25, 0.3) is 0 Å². The molecule has 1 aliphatic rings. The molecule has 2 aromatic rings. The minimum Gasteiger partial charge on any atom is -0.492 e. The van der Waals surface area contributed by atoms with Crippen molar-refractivity contribution in [3.63, 3.8) is 0 Å². The van der Waals surface area contributed by atoms with Crippen LogP contribution in [0.2, 0.25) is 0 Å². The lowest BCUT2D eigenvalue weighted by atomic mass is 9.88. The summed E-state index contributed by atoms with van der Waals surface area (Å²) in [5, 5.41) is 27.6. The van der Waals surface area contributed by atoms with Crippen molar-refractivity contribution in [1.82, 2.24) is 15.0 Å². The van der Waals surface area contributed by atoms with E-state index in [0.29, 0.717) is 5.57 Å². The number of aryl methyl sites for hydroxylation is 1. The molecule has 2 heterocycles. The Morgan fingerprint density at radius 3 is 2.39 bits per heavy atom. The SMILES string of the molecule is [C-]#[N+]C(C#N)=C1OC(C)(C)C(c2ccc(-c3cn(CCCCCCCC)nn3)cc2)=C1C#N. The third-order valence-electron chi connectivity index (χ3n) is 5.73. The van der Waals surface area contributed by atoms with E-state index in [1.54, 1.807) is 0 Å². The normalized spacial score (nSPS) is 16.0. The molecule has 7 heteroatoms. The number of unbranched alkanes of at least 4 members (excludes halogenated alkanes) is 5. The van der Waals surface area contributed by atoms with Gasteiger partial charge in [0.05, 0.1) is 24.4 Å². The van der Waals surface area contributed by atoms with Crippen molar-refractivity contribution in [1.29, 1.82) is 10.5 Å². The Labute approximate surface area is 195 Å². The smallest absolute Gasteiger partial charge is 0.304 e. The largest absolute Gasteiger partial charge is 0.492 e. The summed E-state index contributed by atoms with van der Waals surface area (Å²) in [6.07, 6.45) is 9.37. The quantitative estimate of drug-likeness (QED) is 0.269. The Kier molecular flexibility index (Phi) is 7.65. The molecule has 0 unspecified atom stereocenters. The minimum atomic E-state index is -0.838. The summed E-state index contributed by atoms with van der Waals surface area (Å²) < 4.78 is 7.76. The van der Waals surface area contributed by atoms with Crippen LogP contribution in [0.5, 0.6) is 0 Å². The van der Waals surface area contributed by atoms with Gasteiger partial charge in [-0.15, -0.1) is 5.10 Å². The van der Waals surface area contributed by atoms with E-state index in [2.05, 4.69) is 28.2 Å². The van der Waals surface area contributed by atoms with Crippen LogP contribution in [0, 0.1) is 29.2 Å². The zero-order chi connectivity index (χ0) is 23.8. The van der Waals surface area contributed by atoms with Crippen LogP contribution in [0.1, 0.15) is 64.9 Å². The van der Waals surface area contributed by atoms with Crippen LogP contribution in [0.25, 0.3) is 21.7 Å². The molecule has 0 spiro atoms. The topological polar surface area (TPSA) is 91.9 Å². The van der Waals surface area contributed by atoms with Crippen molar-refractivity contribution >= 4 is 5.57 Å². The van der Waals surface area contributed by atoms with E-state index in [1.807, 2.05) is 55.1 Å². The van der Waals surface area contributed by atoms with E-state index in [1.165, 1.54) is 32.1 Å². The molecule has 0 saturated heterocycles. The fourth-order valence-corrected chi connectivity index (χ4v) is 4.07. The van der Waals surface area contributed by atoms with Crippen molar-refractivity contribution in [2.24, 2.45) is 0 Å². The van der Waals surface area contributed by atoms with Gasteiger partial charge in [-0.3, -0.25) is 4.68 Å². The molecule has 0 fully saturated rings. The molecule has 33 heavy (non-hydrogen) atoms. The first-order valence-corrected chi connectivity index (χ1v) is 11.3. The average Bonchev–Trinajstić information content (AvgIpc) is 3.39. The molecule has 0 atom stereocenters. The van der Waals surface area contributed by atoms with Crippen LogP contribution >= 0.6 is 0 Å². The highest BCUT2D eigenvalue weighted by Gasteiger charge is 2.40. The van der Waals surface area contributed by atoms with Crippen LogP contribution in [-0.2, 0) is 11.3 Å².